The molecule has 116 valence electrons. The molecule has 1 unspecified atom stereocenters. The third-order valence-corrected chi connectivity index (χ3v) is 4.39. The lowest BCUT2D eigenvalue weighted by Crippen LogP contribution is -2.40. The van der Waals surface area contributed by atoms with Crippen LogP contribution < -0.4 is 0 Å². The number of rotatable bonds is 4. The zero-order valence-electron chi connectivity index (χ0n) is 12.6. The van der Waals surface area contributed by atoms with Crippen molar-refractivity contribution in [3.63, 3.8) is 0 Å². The fourth-order valence-electron chi connectivity index (χ4n) is 2.47. The van der Waals surface area contributed by atoms with Crippen LogP contribution in [0.4, 0.5) is 0 Å². The van der Waals surface area contributed by atoms with Crippen LogP contribution in [0.5, 0.6) is 0 Å². The second kappa shape index (κ2) is 7.54. The van der Waals surface area contributed by atoms with Gasteiger partial charge >= 0.3 is 5.97 Å². The third kappa shape index (κ3) is 4.81. The molecule has 0 radical (unpaired) electrons. The molecule has 1 fully saturated rings. The van der Waals surface area contributed by atoms with Gasteiger partial charge in [0, 0.05) is 18.5 Å². The Hall–Kier alpha value is -1.43. The van der Waals surface area contributed by atoms with E-state index in [1.54, 1.807) is 6.92 Å². The number of amides is 1. The quantitative estimate of drug-likeness (QED) is 0.801. The van der Waals surface area contributed by atoms with Gasteiger partial charge in [0.1, 0.15) is 0 Å². The maximum absolute atomic E-state index is 12.3. The van der Waals surface area contributed by atoms with E-state index in [1.165, 1.54) is 24.2 Å². The van der Waals surface area contributed by atoms with Crippen LogP contribution in [0.25, 0.3) is 0 Å². The van der Waals surface area contributed by atoms with E-state index in [0.717, 1.165) is 30.9 Å². The molecule has 1 aliphatic heterocycles. The van der Waals surface area contributed by atoms with Crippen LogP contribution in [0.15, 0.2) is 5.38 Å². The average Bonchev–Trinajstić information content (AvgIpc) is 2.69. The predicted molar refractivity (Wildman–Crippen MR) is 81.2 cm³/mol. The number of carbonyl (C=O) groups is 2. The molecule has 1 amide bonds. The Balaban J connectivity index is 1.83. The highest BCUT2D eigenvalue weighted by Crippen LogP contribution is 2.13. The Morgan fingerprint density at radius 3 is 2.57 bits per heavy atom. The zero-order valence-corrected chi connectivity index (χ0v) is 13.4. The van der Waals surface area contributed by atoms with Gasteiger partial charge in [0.05, 0.1) is 17.1 Å². The van der Waals surface area contributed by atoms with Gasteiger partial charge in [-0.25, -0.2) is 4.98 Å². The molecular weight excluding hydrogens is 288 g/mol. The summed E-state index contributed by atoms with van der Waals surface area (Å²) in [7, 11) is 0. The standard InChI is InChI=1S/C15H22N2O3S/c1-11(15(19)17-7-5-3-4-6-8-17)20-14(18)9-13-10-21-12(2)16-13/h10-11H,3-9H2,1-2H3. The summed E-state index contributed by atoms with van der Waals surface area (Å²) < 4.78 is 5.25. The molecule has 0 bridgehead atoms. The van der Waals surface area contributed by atoms with Gasteiger partial charge in [-0.15, -0.1) is 11.3 Å². The molecule has 1 atom stereocenters. The normalized spacial score (nSPS) is 17.1. The molecule has 2 heterocycles. The Kier molecular flexibility index (Phi) is 5.73. The van der Waals surface area contributed by atoms with Crippen LogP contribution in [0.2, 0.25) is 0 Å². The van der Waals surface area contributed by atoms with Gasteiger partial charge in [-0.1, -0.05) is 12.8 Å². The fraction of sp³-hybridized carbons (Fsp3) is 0.667. The van der Waals surface area contributed by atoms with Crippen LogP contribution in [0.3, 0.4) is 0 Å². The number of thiazole rings is 1. The molecule has 5 nitrogen and oxygen atoms in total. The maximum atomic E-state index is 12.3. The highest BCUT2D eigenvalue weighted by Gasteiger charge is 2.24. The van der Waals surface area contributed by atoms with Gasteiger partial charge in [-0.3, -0.25) is 9.59 Å². The van der Waals surface area contributed by atoms with Crippen molar-refractivity contribution in [2.24, 2.45) is 0 Å². The number of hydrogen-bond acceptors (Lipinski definition) is 5. The summed E-state index contributed by atoms with van der Waals surface area (Å²) in [6, 6.07) is 0. The third-order valence-electron chi connectivity index (χ3n) is 3.57. The summed E-state index contributed by atoms with van der Waals surface area (Å²) in [5, 5.41) is 2.77. The molecule has 0 saturated carbocycles. The van der Waals surface area contributed by atoms with E-state index in [4.69, 9.17) is 4.74 Å². The molecule has 21 heavy (non-hydrogen) atoms. The number of nitrogens with zero attached hydrogens (tertiary/aromatic N) is 2. The summed E-state index contributed by atoms with van der Waals surface area (Å²) >= 11 is 1.50. The summed E-state index contributed by atoms with van der Waals surface area (Å²) in [6.45, 7) is 5.08. The van der Waals surface area contributed by atoms with Gasteiger partial charge in [0.25, 0.3) is 5.91 Å². The zero-order chi connectivity index (χ0) is 15.2. The minimum absolute atomic E-state index is 0.0836. The van der Waals surface area contributed by atoms with Crippen molar-refractivity contribution < 1.29 is 14.3 Å². The second-order valence-electron chi connectivity index (χ2n) is 5.41. The summed E-state index contributed by atoms with van der Waals surface area (Å²) in [5.41, 5.74) is 0.705. The molecule has 6 heteroatoms. The molecule has 0 aromatic carbocycles. The largest absolute Gasteiger partial charge is 0.452 e. The minimum Gasteiger partial charge on any atom is -0.452 e. The van der Waals surface area contributed by atoms with E-state index in [0.29, 0.717) is 5.69 Å². The number of aryl methyl sites for hydroxylation is 1. The number of likely N-dealkylation sites (tertiary alicyclic amines) is 1. The van der Waals surface area contributed by atoms with Crippen LogP contribution >= 0.6 is 11.3 Å². The van der Waals surface area contributed by atoms with Gasteiger partial charge in [0.15, 0.2) is 6.10 Å². The first-order valence-corrected chi connectivity index (χ1v) is 8.33. The Bertz CT molecular complexity index is 493. The van der Waals surface area contributed by atoms with Crippen molar-refractivity contribution in [3.8, 4) is 0 Å². The number of hydrogen-bond donors (Lipinski definition) is 0. The van der Waals surface area contributed by atoms with Crippen molar-refractivity contribution in [1.82, 2.24) is 9.88 Å². The Morgan fingerprint density at radius 2 is 2.00 bits per heavy atom. The van der Waals surface area contributed by atoms with E-state index in [9.17, 15) is 9.59 Å². The summed E-state index contributed by atoms with van der Waals surface area (Å²) in [4.78, 5) is 30.2. The molecule has 0 N–H and O–H groups in total. The van der Waals surface area contributed by atoms with E-state index >= 15 is 0 Å². The predicted octanol–water partition coefficient (Wildman–Crippen LogP) is 2.33. The van der Waals surface area contributed by atoms with Gasteiger partial charge in [0.2, 0.25) is 0 Å². The molecule has 1 saturated heterocycles. The van der Waals surface area contributed by atoms with Crippen LogP contribution in [0.1, 0.15) is 43.3 Å². The van der Waals surface area contributed by atoms with Crippen molar-refractivity contribution in [1.29, 1.82) is 0 Å². The van der Waals surface area contributed by atoms with Crippen LogP contribution in [0, 0.1) is 6.92 Å². The minimum atomic E-state index is -0.713. The van der Waals surface area contributed by atoms with Crippen molar-refractivity contribution >= 4 is 23.2 Å². The lowest BCUT2D eigenvalue weighted by Gasteiger charge is -2.23. The number of carbonyl (C=O) groups excluding carboxylic acids is 2. The Labute approximate surface area is 129 Å². The van der Waals surface area contributed by atoms with Crippen molar-refractivity contribution in [2.75, 3.05) is 13.1 Å². The summed E-state index contributed by atoms with van der Waals surface area (Å²) in [5.74, 6) is -0.476. The molecule has 1 aromatic heterocycles. The number of ether oxygens (including phenoxy) is 1. The lowest BCUT2D eigenvalue weighted by atomic mass is 10.2. The van der Waals surface area contributed by atoms with Crippen LogP contribution in [-0.2, 0) is 20.7 Å². The highest BCUT2D eigenvalue weighted by molar-refractivity contribution is 7.09. The van der Waals surface area contributed by atoms with Crippen LogP contribution in [-0.4, -0.2) is 41.0 Å². The first-order valence-electron chi connectivity index (χ1n) is 7.45. The lowest BCUT2D eigenvalue weighted by molar-refractivity contribution is -0.158. The highest BCUT2D eigenvalue weighted by atomic mass is 32.1. The topological polar surface area (TPSA) is 59.5 Å². The molecular formula is C15H22N2O3S. The van der Waals surface area contributed by atoms with E-state index < -0.39 is 12.1 Å². The maximum Gasteiger partial charge on any atom is 0.312 e. The number of aromatic nitrogens is 1. The van der Waals surface area contributed by atoms with E-state index in [-0.39, 0.29) is 12.3 Å². The van der Waals surface area contributed by atoms with Gasteiger partial charge in [-0.05, 0) is 26.7 Å². The monoisotopic (exact) mass is 310 g/mol. The van der Waals surface area contributed by atoms with Gasteiger partial charge < -0.3 is 9.64 Å². The van der Waals surface area contributed by atoms with Crippen molar-refractivity contribution in [2.45, 2.75) is 52.1 Å². The molecule has 0 spiro atoms. The van der Waals surface area contributed by atoms with E-state index in [2.05, 4.69) is 4.98 Å². The summed E-state index contributed by atoms with van der Waals surface area (Å²) in [6.07, 6.45) is 3.81. The smallest absolute Gasteiger partial charge is 0.312 e. The average molecular weight is 310 g/mol. The second-order valence-corrected chi connectivity index (χ2v) is 6.47. The van der Waals surface area contributed by atoms with Crippen molar-refractivity contribution in [3.05, 3.63) is 16.1 Å². The Morgan fingerprint density at radius 1 is 1.33 bits per heavy atom. The molecule has 0 aliphatic carbocycles. The molecule has 1 aliphatic rings. The molecule has 1 aromatic rings. The SMILES string of the molecule is Cc1nc(CC(=O)OC(C)C(=O)N2CCCCCC2)cs1. The van der Waals surface area contributed by atoms with Gasteiger partial charge in [-0.2, -0.15) is 0 Å². The number of esters is 1. The fourth-order valence-corrected chi connectivity index (χ4v) is 3.09. The van der Waals surface area contributed by atoms with E-state index in [1.807, 2.05) is 17.2 Å². The first kappa shape index (κ1) is 15.9. The molecule has 2 rings (SSSR count). The first-order chi connectivity index (χ1) is 10.1.